The molecule has 0 bridgehead atoms. The monoisotopic (exact) mass is 508 g/mol. The van der Waals surface area contributed by atoms with Gasteiger partial charge in [-0.2, -0.15) is 0 Å². The molecule has 0 saturated carbocycles. The van der Waals surface area contributed by atoms with Gasteiger partial charge in [-0.1, -0.05) is 45.9 Å². The summed E-state index contributed by atoms with van der Waals surface area (Å²) in [6.45, 7) is 1.96. The minimum atomic E-state index is -0.103. The number of methoxy groups -OCH3 is 1. The Morgan fingerprint density at radius 3 is 2.50 bits per heavy atom. The summed E-state index contributed by atoms with van der Waals surface area (Å²) in [4.78, 5) is 12.6. The molecule has 6 nitrogen and oxygen atoms in total. The number of halogens is 1. The molecule has 1 amide bonds. The van der Waals surface area contributed by atoms with Gasteiger partial charge >= 0.3 is 0 Å². The third-order valence-electron chi connectivity index (χ3n) is 4.79. The summed E-state index contributed by atoms with van der Waals surface area (Å²) >= 11 is 4.79. The molecule has 0 saturated heterocycles. The van der Waals surface area contributed by atoms with Crippen LogP contribution in [0.25, 0.3) is 17.1 Å². The number of hydrogen-bond acceptors (Lipinski definition) is 5. The first-order valence-electron chi connectivity index (χ1n) is 9.89. The van der Waals surface area contributed by atoms with Crippen molar-refractivity contribution in [3.8, 4) is 22.8 Å². The van der Waals surface area contributed by atoms with Crippen LogP contribution in [0.5, 0.6) is 5.75 Å². The van der Waals surface area contributed by atoms with Crippen LogP contribution in [0.4, 0.5) is 5.69 Å². The van der Waals surface area contributed by atoms with Gasteiger partial charge in [0.25, 0.3) is 0 Å². The molecule has 8 heteroatoms. The fourth-order valence-corrected chi connectivity index (χ4v) is 4.41. The second kappa shape index (κ2) is 10.0. The summed E-state index contributed by atoms with van der Waals surface area (Å²) in [7, 11) is 1.64. The zero-order valence-electron chi connectivity index (χ0n) is 17.6. The van der Waals surface area contributed by atoms with E-state index in [0.29, 0.717) is 11.0 Å². The molecule has 0 unspecified atom stereocenters. The van der Waals surface area contributed by atoms with E-state index in [0.717, 1.165) is 32.7 Å². The Labute approximate surface area is 199 Å². The van der Waals surface area contributed by atoms with Crippen molar-refractivity contribution in [3.63, 3.8) is 0 Å². The first-order chi connectivity index (χ1) is 15.5. The molecule has 3 aromatic carbocycles. The number of aromatic nitrogens is 3. The lowest BCUT2D eigenvalue weighted by atomic mass is 10.2. The van der Waals surface area contributed by atoms with Crippen molar-refractivity contribution in [2.45, 2.75) is 12.1 Å². The summed E-state index contributed by atoms with van der Waals surface area (Å²) in [6, 6.07) is 23.3. The van der Waals surface area contributed by atoms with Crippen LogP contribution < -0.4 is 10.1 Å². The molecule has 0 aliphatic rings. The van der Waals surface area contributed by atoms with E-state index < -0.39 is 0 Å². The van der Waals surface area contributed by atoms with Gasteiger partial charge in [-0.15, -0.1) is 10.2 Å². The summed E-state index contributed by atoms with van der Waals surface area (Å²) < 4.78 is 8.20. The molecule has 0 aliphatic heterocycles. The number of para-hydroxylation sites is 1. The van der Waals surface area contributed by atoms with Gasteiger partial charge in [0.15, 0.2) is 11.0 Å². The van der Waals surface area contributed by atoms with Crippen LogP contribution in [0, 0.1) is 6.92 Å². The average Bonchev–Trinajstić information content (AvgIpc) is 3.24. The SMILES string of the molecule is COc1ccc(-c2nnc(SCC(=O)Nc3ccc(Br)cc3C)n2-c2ccccc2)cc1. The van der Waals surface area contributed by atoms with Gasteiger partial charge in [-0.05, 0) is 67.1 Å². The topological polar surface area (TPSA) is 69.0 Å². The Kier molecular flexibility index (Phi) is 6.92. The molecule has 1 aromatic heterocycles. The normalized spacial score (nSPS) is 10.7. The van der Waals surface area contributed by atoms with E-state index >= 15 is 0 Å². The minimum absolute atomic E-state index is 0.103. The highest BCUT2D eigenvalue weighted by Crippen LogP contribution is 2.29. The highest BCUT2D eigenvalue weighted by Gasteiger charge is 2.17. The van der Waals surface area contributed by atoms with Gasteiger partial charge in [0.1, 0.15) is 5.75 Å². The molecular weight excluding hydrogens is 488 g/mol. The third kappa shape index (κ3) is 5.03. The summed E-state index contributed by atoms with van der Waals surface area (Å²) in [5, 5.41) is 12.4. The number of nitrogens with zero attached hydrogens (tertiary/aromatic N) is 3. The maximum atomic E-state index is 12.6. The minimum Gasteiger partial charge on any atom is -0.497 e. The molecule has 0 atom stereocenters. The van der Waals surface area contributed by atoms with Crippen LogP contribution in [0.3, 0.4) is 0 Å². The molecule has 4 aromatic rings. The van der Waals surface area contributed by atoms with Crippen molar-refractivity contribution in [2.75, 3.05) is 18.2 Å². The van der Waals surface area contributed by atoms with Crippen LogP contribution in [-0.4, -0.2) is 33.5 Å². The fourth-order valence-electron chi connectivity index (χ4n) is 3.18. The van der Waals surface area contributed by atoms with E-state index in [2.05, 4.69) is 31.4 Å². The van der Waals surface area contributed by atoms with Crippen molar-refractivity contribution >= 4 is 39.3 Å². The van der Waals surface area contributed by atoms with Crippen LogP contribution in [0.15, 0.2) is 82.4 Å². The van der Waals surface area contributed by atoms with Crippen molar-refractivity contribution in [1.82, 2.24) is 14.8 Å². The Morgan fingerprint density at radius 2 is 1.81 bits per heavy atom. The van der Waals surface area contributed by atoms with E-state index in [1.165, 1.54) is 11.8 Å². The molecule has 162 valence electrons. The van der Waals surface area contributed by atoms with Gasteiger partial charge in [0, 0.05) is 21.4 Å². The molecule has 4 rings (SSSR count). The van der Waals surface area contributed by atoms with E-state index in [1.54, 1.807) is 7.11 Å². The Bertz CT molecular complexity index is 1230. The lowest BCUT2D eigenvalue weighted by molar-refractivity contribution is -0.113. The number of thioether (sulfide) groups is 1. The highest BCUT2D eigenvalue weighted by molar-refractivity contribution is 9.10. The Balaban J connectivity index is 1.58. The van der Waals surface area contributed by atoms with Crippen molar-refractivity contribution in [1.29, 1.82) is 0 Å². The number of nitrogens with one attached hydrogen (secondary N) is 1. The molecule has 0 spiro atoms. The Hall–Kier alpha value is -3.10. The molecule has 1 N–H and O–H groups in total. The number of carbonyl (C=O) groups is 1. The maximum Gasteiger partial charge on any atom is 0.234 e. The number of ether oxygens (including phenoxy) is 1. The Morgan fingerprint density at radius 1 is 1.06 bits per heavy atom. The van der Waals surface area contributed by atoms with Crippen molar-refractivity contribution < 1.29 is 9.53 Å². The van der Waals surface area contributed by atoms with Gasteiger partial charge in [-0.3, -0.25) is 9.36 Å². The van der Waals surface area contributed by atoms with Gasteiger partial charge < -0.3 is 10.1 Å². The maximum absolute atomic E-state index is 12.6. The molecule has 0 fully saturated rings. The van der Waals surface area contributed by atoms with Crippen molar-refractivity contribution in [2.24, 2.45) is 0 Å². The average molecular weight is 509 g/mol. The number of aryl methyl sites for hydroxylation is 1. The zero-order valence-corrected chi connectivity index (χ0v) is 20.0. The molecule has 32 heavy (non-hydrogen) atoms. The van der Waals surface area contributed by atoms with Crippen LogP contribution in [-0.2, 0) is 4.79 Å². The summed E-state index contributed by atoms with van der Waals surface area (Å²) in [6.07, 6.45) is 0. The van der Waals surface area contributed by atoms with Crippen LogP contribution >= 0.6 is 27.7 Å². The van der Waals surface area contributed by atoms with E-state index in [1.807, 2.05) is 84.3 Å². The zero-order chi connectivity index (χ0) is 22.5. The van der Waals surface area contributed by atoms with Gasteiger partial charge in [0.05, 0.1) is 12.9 Å². The van der Waals surface area contributed by atoms with E-state index in [-0.39, 0.29) is 11.7 Å². The molecule has 0 radical (unpaired) electrons. The standard InChI is InChI=1S/C24H21BrN4O2S/c1-16-14-18(25)10-13-21(16)26-22(30)15-32-24-28-27-23(17-8-11-20(31-2)12-9-17)29(24)19-6-4-3-5-7-19/h3-14H,15H2,1-2H3,(H,26,30). The second-order valence-electron chi connectivity index (χ2n) is 7.00. The molecular formula is C24H21BrN4O2S. The first-order valence-corrected chi connectivity index (χ1v) is 11.7. The summed E-state index contributed by atoms with van der Waals surface area (Å²) in [5.41, 5.74) is 3.62. The third-order valence-corrected chi connectivity index (χ3v) is 6.21. The van der Waals surface area contributed by atoms with Gasteiger partial charge in [0.2, 0.25) is 5.91 Å². The fraction of sp³-hybridized carbons (Fsp3) is 0.125. The number of anilines is 1. The van der Waals surface area contributed by atoms with Crippen molar-refractivity contribution in [3.05, 3.63) is 82.8 Å². The second-order valence-corrected chi connectivity index (χ2v) is 8.86. The lowest BCUT2D eigenvalue weighted by Crippen LogP contribution is -2.15. The largest absolute Gasteiger partial charge is 0.497 e. The van der Waals surface area contributed by atoms with Gasteiger partial charge in [-0.25, -0.2) is 0 Å². The van der Waals surface area contributed by atoms with E-state index in [9.17, 15) is 4.79 Å². The lowest BCUT2D eigenvalue weighted by Gasteiger charge is -2.11. The highest BCUT2D eigenvalue weighted by atomic mass is 79.9. The molecule has 0 aliphatic carbocycles. The van der Waals surface area contributed by atoms with Crippen LogP contribution in [0.2, 0.25) is 0 Å². The first kappa shape index (κ1) is 22.1. The smallest absolute Gasteiger partial charge is 0.234 e. The number of carbonyl (C=O) groups excluding carboxylic acids is 1. The van der Waals surface area contributed by atoms with Crippen LogP contribution in [0.1, 0.15) is 5.56 Å². The quantitative estimate of drug-likeness (QED) is 0.322. The van der Waals surface area contributed by atoms with E-state index in [4.69, 9.17) is 4.74 Å². The number of hydrogen-bond donors (Lipinski definition) is 1. The predicted molar refractivity (Wildman–Crippen MR) is 132 cm³/mol. The number of rotatable bonds is 7. The number of benzene rings is 3. The summed E-state index contributed by atoms with van der Waals surface area (Å²) in [5.74, 6) is 1.58. The molecule has 1 heterocycles. The predicted octanol–water partition coefficient (Wildman–Crippen LogP) is 5.74. The number of amides is 1.